The molecule has 0 saturated heterocycles. The fourth-order valence-corrected chi connectivity index (χ4v) is 3.62. The van der Waals surface area contributed by atoms with Crippen LogP contribution >= 0.6 is 23.8 Å². The molecule has 1 atom stereocenters. The molecule has 0 saturated carbocycles. The number of hydrogen-bond acceptors (Lipinski definition) is 1. The highest BCUT2D eigenvalue weighted by Crippen LogP contribution is 2.33. The van der Waals surface area contributed by atoms with Crippen molar-refractivity contribution < 1.29 is 0 Å². The van der Waals surface area contributed by atoms with Gasteiger partial charge in [0, 0.05) is 35.5 Å². The lowest BCUT2D eigenvalue weighted by atomic mass is 10.00. The van der Waals surface area contributed by atoms with Gasteiger partial charge in [0.05, 0.1) is 6.04 Å². The van der Waals surface area contributed by atoms with Gasteiger partial charge in [-0.2, -0.15) is 0 Å². The van der Waals surface area contributed by atoms with Crippen LogP contribution in [0.3, 0.4) is 0 Å². The van der Waals surface area contributed by atoms with Crippen molar-refractivity contribution in [1.82, 2.24) is 14.8 Å². The molecule has 0 amide bonds. The van der Waals surface area contributed by atoms with Crippen LogP contribution in [0.25, 0.3) is 0 Å². The highest BCUT2D eigenvalue weighted by Gasteiger charge is 2.31. The van der Waals surface area contributed by atoms with Gasteiger partial charge >= 0.3 is 0 Å². The normalized spacial score (nSPS) is 17.7. The highest BCUT2D eigenvalue weighted by molar-refractivity contribution is 7.80. The van der Waals surface area contributed by atoms with Crippen LogP contribution in [0.15, 0.2) is 42.6 Å². The lowest BCUT2D eigenvalue weighted by Gasteiger charge is -2.40. The van der Waals surface area contributed by atoms with Crippen molar-refractivity contribution in [3.8, 4) is 0 Å². The first-order valence-electron chi connectivity index (χ1n) is 7.84. The fourth-order valence-electron chi connectivity index (χ4n) is 2.99. The molecule has 2 heterocycles. The minimum atomic E-state index is -0.0545. The van der Waals surface area contributed by atoms with E-state index in [1.54, 1.807) is 0 Å². The first kappa shape index (κ1) is 16.3. The van der Waals surface area contributed by atoms with Crippen molar-refractivity contribution in [3.63, 3.8) is 0 Å². The summed E-state index contributed by atoms with van der Waals surface area (Å²) in [5, 5.41) is 4.99. The van der Waals surface area contributed by atoms with Gasteiger partial charge < -0.3 is 14.8 Å². The van der Waals surface area contributed by atoms with Gasteiger partial charge in [-0.3, -0.25) is 0 Å². The Kier molecular flexibility index (Phi) is 4.39. The van der Waals surface area contributed by atoms with Gasteiger partial charge in [-0.15, -0.1) is 0 Å². The summed E-state index contributed by atoms with van der Waals surface area (Å²) in [6.07, 6.45) is 2.13. The minimum Gasteiger partial charge on any atom is -0.358 e. The monoisotopic (exact) mass is 347 g/mol. The molecular formula is C18H22ClN3S. The average Bonchev–Trinajstić information content (AvgIpc) is 2.93. The van der Waals surface area contributed by atoms with Crippen molar-refractivity contribution in [2.24, 2.45) is 0 Å². The van der Waals surface area contributed by atoms with E-state index < -0.39 is 0 Å². The van der Waals surface area contributed by atoms with E-state index in [0.29, 0.717) is 0 Å². The van der Waals surface area contributed by atoms with E-state index in [-0.39, 0.29) is 11.6 Å². The van der Waals surface area contributed by atoms with Crippen LogP contribution in [0.4, 0.5) is 0 Å². The van der Waals surface area contributed by atoms with Gasteiger partial charge in [0.25, 0.3) is 0 Å². The Morgan fingerprint density at radius 1 is 1.17 bits per heavy atom. The van der Waals surface area contributed by atoms with Crippen LogP contribution in [-0.2, 0) is 6.54 Å². The fraction of sp³-hybridized carbons (Fsp3) is 0.389. The van der Waals surface area contributed by atoms with Gasteiger partial charge in [-0.25, -0.2) is 0 Å². The first-order valence-corrected chi connectivity index (χ1v) is 8.63. The summed E-state index contributed by atoms with van der Waals surface area (Å²) >= 11 is 11.8. The molecule has 1 aromatic heterocycles. The van der Waals surface area contributed by atoms with Gasteiger partial charge in [0.1, 0.15) is 0 Å². The van der Waals surface area contributed by atoms with Crippen LogP contribution in [-0.4, -0.2) is 26.7 Å². The minimum absolute atomic E-state index is 0.0545. The molecule has 122 valence electrons. The Hall–Kier alpha value is -1.52. The quantitative estimate of drug-likeness (QED) is 0.780. The highest BCUT2D eigenvalue weighted by atomic mass is 35.5. The third-order valence-electron chi connectivity index (χ3n) is 3.97. The number of nitrogens with zero attached hydrogens (tertiary/aromatic N) is 2. The molecule has 3 rings (SSSR count). The molecular weight excluding hydrogens is 326 g/mol. The second-order valence-corrected chi connectivity index (χ2v) is 7.78. The number of halogens is 1. The molecule has 1 aromatic carbocycles. The van der Waals surface area contributed by atoms with Crippen LogP contribution in [0.5, 0.6) is 0 Å². The third-order valence-corrected chi connectivity index (χ3v) is 4.56. The van der Waals surface area contributed by atoms with Crippen molar-refractivity contribution in [2.75, 3.05) is 6.54 Å². The Morgan fingerprint density at radius 3 is 2.52 bits per heavy atom. The van der Waals surface area contributed by atoms with Crippen molar-refractivity contribution in [2.45, 2.75) is 38.9 Å². The van der Waals surface area contributed by atoms with Crippen molar-refractivity contribution in [3.05, 3.63) is 58.9 Å². The smallest absolute Gasteiger partial charge is 0.170 e. The molecule has 0 radical (unpaired) electrons. The molecule has 0 spiro atoms. The Morgan fingerprint density at radius 2 is 1.87 bits per heavy atom. The molecule has 1 N–H and O–H groups in total. The molecule has 2 aromatic rings. The summed E-state index contributed by atoms with van der Waals surface area (Å²) < 4.78 is 2.30. The Bertz CT molecular complexity index is 700. The number of aromatic nitrogens is 1. The number of nitrogens with one attached hydrogen (secondary N) is 1. The molecule has 5 heteroatoms. The van der Waals surface area contributed by atoms with E-state index in [0.717, 1.165) is 23.2 Å². The van der Waals surface area contributed by atoms with Gasteiger partial charge in [0.15, 0.2) is 5.11 Å². The predicted molar refractivity (Wildman–Crippen MR) is 99.9 cm³/mol. The number of hydrogen-bond donors (Lipinski definition) is 1. The maximum Gasteiger partial charge on any atom is 0.170 e. The molecule has 0 bridgehead atoms. The van der Waals surface area contributed by atoms with Gasteiger partial charge in [0.2, 0.25) is 0 Å². The number of rotatable bonds is 1. The lowest BCUT2D eigenvalue weighted by Crippen LogP contribution is -2.52. The summed E-state index contributed by atoms with van der Waals surface area (Å²) in [6.45, 7) is 8.21. The Balaban J connectivity index is 1.98. The van der Waals surface area contributed by atoms with Crippen LogP contribution < -0.4 is 5.32 Å². The molecule has 3 nitrogen and oxygen atoms in total. The number of fused-ring (bicyclic) bond motifs is 1. The summed E-state index contributed by atoms with van der Waals surface area (Å²) in [5.74, 6) is 0. The standard InChI is InChI=1S/C18H22ClN3S/c1-18(2,3)20-17(23)22-12-11-21-10-4-5-15(21)16(22)13-6-8-14(19)9-7-13/h4-10,16H,11-12H2,1-3H3,(H,20,23)/t16-/m1/s1. The van der Waals surface area contributed by atoms with Gasteiger partial charge in [-0.1, -0.05) is 23.7 Å². The zero-order chi connectivity index (χ0) is 16.6. The molecule has 0 aliphatic carbocycles. The predicted octanol–water partition coefficient (Wildman–Crippen LogP) is 4.22. The van der Waals surface area contributed by atoms with E-state index in [4.69, 9.17) is 23.8 Å². The zero-order valence-electron chi connectivity index (χ0n) is 13.7. The SMILES string of the molecule is CC(C)(C)NC(=S)N1CCn2cccc2[C@H]1c1ccc(Cl)cc1. The third kappa shape index (κ3) is 3.54. The van der Waals surface area contributed by atoms with Crippen molar-refractivity contribution >= 4 is 28.9 Å². The average molecular weight is 348 g/mol. The molecule has 1 aliphatic rings. The van der Waals surface area contributed by atoms with Crippen molar-refractivity contribution in [1.29, 1.82) is 0 Å². The zero-order valence-corrected chi connectivity index (χ0v) is 15.3. The molecule has 23 heavy (non-hydrogen) atoms. The summed E-state index contributed by atoms with van der Waals surface area (Å²) in [6, 6.07) is 12.4. The van der Waals surface area contributed by atoms with E-state index in [9.17, 15) is 0 Å². The maximum absolute atomic E-state index is 6.06. The topological polar surface area (TPSA) is 20.2 Å². The summed E-state index contributed by atoms with van der Waals surface area (Å²) in [7, 11) is 0. The van der Waals surface area contributed by atoms with Gasteiger partial charge in [-0.05, 0) is 62.8 Å². The summed E-state index contributed by atoms with van der Waals surface area (Å²) in [4.78, 5) is 2.28. The summed E-state index contributed by atoms with van der Waals surface area (Å²) in [5.41, 5.74) is 2.41. The van der Waals surface area contributed by atoms with Crippen LogP contribution in [0.2, 0.25) is 5.02 Å². The van der Waals surface area contributed by atoms with E-state index in [2.05, 4.69) is 66.0 Å². The Labute approximate surface area is 148 Å². The second kappa shape index (κ2) is 6.17. The van der Waals surface area contributed by atoms with Crippen LogP contribution in [0.1, 0.15) is 38.1 Å². The van der Waals surface area contributed by atoms with E-state index in [1.807, 2.05) is 12.1 Å². The lowest BCUT2D eigenvalue weighted by molar-refractivity contribution is 0.278. The molecule has 1 aliphatic heterocycles. The van der Waals surface area contributed by atoms with E-state index in [1.165, 1.54) is 11.3 Å². The number of benzene rings is 1. The second-order valence-electron chi connectivity index (χ2n) is 6.95. The molecule has 0 fully saturated rings. The maximum atomic E-state index is 6.06. The van der Waals surface area contributed by atoms with Crippen LogP contribution in [0, 0.1) is 0 Å². The molecule has 0 unspecified atom stereocenters. The first-order chi connectivity index (χ1) is 10.8. The van der Waals surface area contributed by atoms with E-state index >= 15 is 0 Å². The largest absolute Gasteiger partial charge is 0.358 e. The number of thiocarbonyl (C=S) groups is 1.